The third kappa shape index (κ3) is 12.8. The summed E-state index contributed by atoms with van der Waals surface area (Å²) in [4.78, 5) is 21.1. The molecule has 0 heterocycles. The van der Waals surface area contributed by atoms with Crippen LogP contribution in [0.15, 0.2) is 12.2 Å². The first-order valence-electron chi connectivity index (χ1n) is 5.98. The van der Waals surface area contributed by atoms with Crippen molar-refractivity contribution in [3.63, 3.8) is 0 Å². The summed E-state index contributed by atoms with van der Waals surface area (Å²) in [6.45, 7) is 3.19. The molecule has 1 unspecified atom stereocenters. The number of rotatable bonds is 9. The van der Waals surface area contributed by atoms with Gasteiger partial charge in [0.2, 0.25) is 0 Å². The molecule has 17 heavy (non-hydrogen) atoms. The molecule has 98 valence electrons. The lowest BCUT2D eigenvalue weighted by Crippen LogP contribution is -2.10. The molecule has 0 aliphatic carbocycles. The van der Waals surface area contributed by atoms with Crippen LogP contribution in [0.3, 0.4) is 0 Å². The number of hydrogen-bond acceptors (Lipinski definition) is 4. The molecule has 1 atom stereocenters. The molecular formula is C13H22O4. The number of aliphatic hydroxyl groups excluding tert-OH is 1. The van der Waals surface area contributed by atoms with Crippen molar-refractivity contribution < 1.29 is 19.4 Å². The fraction of sp³-hybridized carbons (Fsp3) is 0.692. The third-order valence-corrected chi connectivity index (χ3v) is 2.23. The van der Waals surface area contributed by atoms with Crippen LogP contribution in [-0.4, -0.2) is 29.6 Å². The van der Waals surface area contributed by atoms with E-state index in [9.17, 15) is 14.7 Å². The average molecular weight is 242 g/mol. The second kappa shape index (κ2) is 10.0. The smallest absolute Gasteiger partial charge is 0.302 e. The fourth-order valence-corrected chi connectivity index (χ4v) is 1.43. The highest BCUT2D eigenvalue weighted by Gasteiger charge is 2.05. The van der Waals surface area contributed by atoms with Crippen molar-refractivity contribution in [3.05, 3.63) is 12.2 Å². The van der Waals surface area contributed by atoms with Gasteiger partial charge in [-0.15, -0.1) is 0 Å². The maximum atomic E-state index is 10.7. The van der Waals surface area contributed by atoms with Crippen LogP contribution in [0, 0.1) is 0 Å². The van der Waals surface area contributed by atoms with Crippen LogP contribution >= 0.6 is 0 Å². The van der Waals surface area contributed by atoms with E-state index in [0.717, 1.165) is 19.3 Å². The summed E-state index contributed by atoms with van der Waals surface area (Å²) in [5.41, 5.74) is 0. The van der Waals surface area contributed by atoms with E-state index in [2.05, 4.69) is 0 Å². The molecule has 0 aromatic carbocycles. The van der Waals surface area contributed by atoms with Gasteiger partial charge in [0.15, 0.2) is 0 Å². The minimum Gasteiger partial charge on any atom is -0.462 e. The molecule has 0 aromatic heterocycles. The van der Waals surface area contributed by atoms with Crippen molar-refractivity contribution in [2.75, 3.05) is 6.61 Å². The van der Waals surface area contributed by atoms with Gasteiger partial charge in [0.1, 0.15) is 12.4 Å². The number of hydrogen-bond donors (Lipinski definition) is 1. The van der Waals surface area contributed by atoms with E-state index in [1.807, 2.05) is 12.2 Å². The van der Waals surface area contributed by atoms with E-state index < -0.39 is 6.10 Å². The van der Waals surface area contributed by atoms with Crippen LogP contribution in [0.4, 0.5) is 0 Å². The number of unbranched alkanes of at least 4 members (excludes halogenated alkanes) is 2. The first-order valence-corrected chi connectivity index (χ1v) is 5.98. The standard InChI is InChI=1S/C13H22O4/c1-11(14)10-13(16)8-6-4-3-5-7-9-17-12(2)15/h5,7,13,16H,3-4,6,8-10H2,1-2H3/b7-5+. The van der Waals surface area contributed by atoms with Gasteiger partial charge in [-0.3, -0.25) is 9.59 Å². The minimum absolute atomic E-state index is 0.0266. The highest BCUT2D eigenvalue weighted by atomic mass is 16.5. The second-order valence-corrected chi connectivity index (χ2v) is 4.12. The number of esters is 1. The van der Waals surface area contributed by atoms with E-state index in [1.165, 1.54) is 13.8 Å². The van der Waals surface area contributed by atoms with Gasteiger partial charge in [-0.2, -0.15) is 0 Å². The Morgan fingerprint density at radius 1 is 1.24 bits per heavy atom. The maximum Gasteiger partial charge on any atom is 0.302 e. The van der Waals surface area contributed by atoms with Crippen molar-refractivity contribution in [2.24, 2.45) is 0 Å². The topological polar surface area (TPSA) is 63.6 Å². The van der Waals surface area contributed by atoms with E-state index in [0.29, 0.717) is 13.0 Å². The third-order valence-electron chi connectivity index (χ3n) is 2.23. The Morgan fingerprint density at radius 3 is 2.53 bits per heavy atom. The van der Waals surface area contributed by atoms with E-state index >= 15 is 0 Å². The normalized spacial score (nSPS) is 12.6. The first-order chi connectivity index (χ1) is 8.02. The van der Waals surface area contributed by atoms with Crippen LogP contribution < -0.4 is 0 Å². The summed E-state index contributed by atoms with van der Waals surface area (Å²) in [5, 5.41) is 9.43. The quantitative estimate of drug-likeness (QED) is 0.381. The summed E-state index contributed by atoms with van der Waals surface area (Å²) in [5.74, 6) is -0.249. The number of ketones is 1. The van der Waals surface area contributed by atoms with Gasteiger partial charge in [0.05, 0.1) is 6.10 Å². The van der Waals surface area contributed by atoms with Crippen LogP contribution in [0.1, 0.15) is 46.0 Å². The molecular weight excluding hydrogens is 220 g/mol. The predicted molar refractivity (Wildman–Crippen MR) is 65.5 cm³/mol. The number of ether oxygens (including phenoxy) is 1. The molecule has 0 aliphatic rings. The van der Waals surface area contributed by atoms with Crippen molar-refractivity contribution >= 4 is 11.8 Å². The average Bonchev–Trinajstić information content (AvgIpc) is 2.20. The van der Waals surface area contributed by atoms with Crippen LogP contribution in [-0.2, 0) is 14.3 Å². The van der Waals surface area contributed by atoms with E-state index in [-0.39, 0.29) is 18.2 Å². The Morgan fingerprint density at radius 2 is 1.94 bits per heavy atom. The Balaban J connectivity index is 3.33. The lowest BCUT2D eigenvalue weighted by atomic mass is 10.1. The van der Waals surface area contributed by atoms with Crippen molar-refractivity contribution in [2.45, 2.75) is 52.1 Å². The lowest BCUT2D eigenvalue weighted by molar-refractivity contribution is -0.139. The molecule has 0 saturated heterocycles. The fourth-order valence-electron chi connectivity index (χ4n) is 1.43. The summed E-state index contributed by atoms with van der Waals surface area (Å²) in [6.07, 6.45) is 6.94. The SMILES string of the molecule is CC(=O)CC(O)CCCC/C=C/COC(C)=O. The van der Waals surface area contributed by atoms with Gasteiger partial charge in [0.25, 0.3) is 0 Å². The zero-order valence-corrected chi connectivity index (χ0v) is 10.6. The molecule has 0 aliphatic heterocycles. The zero-order chi connectivity index (χ0) is 13.1. The summed E-state index contributed by atoms with van der Waals surface area (Å²) in [6, 6.07) is 0. The van der Waals surface area contributed by atoms with Crippen molar-refractivity contribution in [1.82, 2.24) is 0 Å². The Hall–Kier alpha value is -1.16. The molecule has 0 saturated carbocycles. The number of aliphatic hydroxyl groups is 1. The first kappa shape index (κ1) is 15.8. The van der Waals surface area contributed by atoms with Crippen molar-refractivity contribution in [1.29, 1.82) is 0 Å². The summed E-state index contributed by atoms with van der Waals surface area (Å²) >= 11 is 0. The monoisotopic (exact) mass is 242 g/mol. The minimum atomic E-state index is -0.502. The molecule has 0 spiro atoms. The van der Waals surface area contributed by atoms with Gasteiger partial charge in [-0.25, -0.2) is 0 Å². The summed E-state index contributed by atoms with van der Waals surface area (Å²) < 4.78 is 4.73. The number of carbonyl (C=O) groups is 2. The molecule has 0 fully saturated rings. The number of allylic oxidation sites excluding steroid dienone is 1. The zero-order valence-electron chi connectivity index (χ0n) is 10.6. The number of Topliss-reactive ketones (excluding diaryl/α,β-unsaturated/α-hetero) is 1. The molecule has 4 nitrogen and oxygen atoms in total. The Labute approximate surface area is 103 Å². The highest BCUT2D eigenvalue weighted by Crippen LogP contribution is 2.07. The van der Waals surface area contributed by atoms with Crippen molar-refractivity contribution in [3.8, 4) is 0 Å². The molecule has 0 radical (unpaired) electrons. The predicted octanol–water partition coefficient (Wildman–Crippen LogP) is 2.01. The second-order valence-electron chi connectivity index (χ2n) is 4.12. The maximum absolute atomic E-state index is 10.7. The highest BCUT2D eigenvalue weighted by molar-refractivity contribution is 5.75. The molecule has 0 amide bonds. The van der Waals surface area contributed by atoms with Gasteiger partial charge >= 0.3 is 5.97 Å². The van der Waals surface area contributed by atoms with Crippen LogP contribution in [0.25, 0.3) is 0 Å². The molecule has 0 aromatic rings. The van der Waals surface area contributed by atoms with Gasteiger partial charge in [-0.1, -0.05) is 18.6 Å². The number of carbonyl (C=O) groups excluding carboxylic acids is 2. The molecule has 0 bridgehead atoms. The van der Waals surface area contributed by atoms with E-state index in [4.69, 9.17) is 4.74 Å². The molecule has 1 N–H and O–H groups in total. The molecule has 0 rings (SSSR count). The van der Waals surface area contributed by atoms with Gasteiger partial charge in [0, 0.05) is 13.3 Å². The van der Waals surface area contributed by atoms with Gasteiger partial charge in [-0.05, 0) is 26.2 Å². The Bertz CT molecular complexity index is 258. The van der Waals surface area contributed by atoms with E-state index in [1.54, 1.807) is 0 Å². The largest absolute Gasteiger partial charge is 0.462 e. The lowest BCUT2D eigenvalue weighted by Gasteiger charge is -2.06. The molecule has 4 heteroatoms. The Kier molecular flexibility index (Phi) is 9.34. The summed E-state index contributed by atoms with van der Waals surface area (Å²) in [7, 11) is 0. The van der Waals surface area contributed by atoms with Gasteiger partial charge < -0.3 is 9.84 Å². The van der Waals surface area contributed by atoms with Crippen LogP contribution in [0.5, 0.6) is 0 Å². The van der Waals surface area contributed by atoms with Crippen LogP contribution in [0.2, 0.25) is 0 Å².